The van der Waals surface area contributed by atoms with Crippen molar-refractivity contribution in [2.45, 2.75) is 18.8 Å². The van der Waals surface area contributed by atoms with Crippen LogP contribution in [-0.2, 0) is 0 Å². The second-order valence-corrected chi connectivity index (χ2v) is 8.29. The third-order valence-corrected chi connectivity index (χ3v) is 6.26. The highest BCUT2D eigenvalue weighted by atomic mass is 79.9. The highest BCUT2D eigenvalue weighted by Crippen LogP contribution is 2.33. The molecule has 1 aliphatic rings. The zero-order chi connectivity index (χ0) is 18.8. The van der Waals surface area contributed by atoms with E-state index in [9.17, 15) is 9.18 Å². The Bertz CT molecular complexity index is 969. The third kappa shape index (κ3) is 3.94. The molecule has 7 heteroatoms. The van der Waals surface area contributed by atoms with Crippen molar-refractivity contribution in [1.82, 2.24) is 14.9 Å². The molecule has 0 radical (unpaired) electrons. The number of aromatic nitrogens is 2. The Morgan fingerprint density at radius 1 is 1.22 bits per heavy atom. The second kappa shape index (κ2) is 7.86. The van der Waals surface area contributed by atoms with E-state index in [1.807, 2.05) is 18.2 Å². The molecule has 27 heavy (non-hydrogen) atoms. The molecule has 0 saturated carbocycles. The number of pyridine rings is 1. The Labute approximate surface area is 169 Å². The van der Waals surface area contributed by atoms with Gasteiger partial charge in [0.25, 0.3) is 5.91 Å². The number of rotatable bonds is 3. The fourth-order valence-electron chi connectivity index (χ4n) is 3.30. The standard InChI is InChI=1S/C20H17BrFN3OS/c21-15-4-1-3-14(11-15)17-12-27-19(24-17)13-6-9-25(10-7-13)20(26)16-5-2-8-23-18(16)22/h1-5,8,11-13H,6-7,9-10H2. The van der Waals surface area contributed by atoms with Crippen LogP contribution in [-0.4, -0.2) is 33.9 Å². The van der Waals surface area contributed by atoms with Gasteiger partial charge in [0, 0.05) is 40.6 Å². The molecule has 4 nitrogen and oxygen atoms in total. The molecule has 0 unspecified atom stereocenters. The lowest BCUT2D eigenvalue weighted by Gasteiger charge is -2.31. The Hall–Kier alpha value is -2.12. The Kier molecular flexibility index (Phi) is 5.31. The SMILES string of the molecule is O=C(c1cccnc1F)N1CCC(c2nc(-c3cccc(Br)c3)cs2)CC1. The lowest BCUT2D eigenvalue weighted by atomic mass is 9.97. The number of thiazole rings is 1. The molecule has 0 bridgehead atoms. The van der Waals surface area contributed by atoms with Crippen LogP contribution in [0.5, 0.6) is 0 Å². The Morgan fingerprint density at radius 2 is 2.04 bits per heavy atom. The molecular formula is C20H17BrFN3OS. The molecule has 1 saturated heterocycles. The summed E-state index contributed by atoms with van der Waals surface area (Å²) >= 11 is 5.16. The van der Waals surface area contributed by atoms with Crippen molar-refractivity contribution in [2.75, 3.05) is 13.1 Å². The number of carbonyl (C=O) groups excluding carboxylic acids is 1. The molecule has 2 aromatic heterocycles. The van der Waals surface area contributed by atoms with Gasteiger partial charge in [-0.15, -0.1) is 11.3 Å². The van der Waals surface area contributed by atoms with E-state index in [0.717, 1.165) is 33.6 Å². The van der Waals surface area contributed by atoms with Crippen LogP contribution in [0, 0.1) is 5.95 Å². The zero-order valence-electron chi connectivity index (χ0n) is 14.4. The van der Waals surface area contributed by atoms with E-state index in [1.54, 1.807) is 22.3 Å². The maximum atomic E-state index is 13.8. The van der Waals surface area contributed by atoms with E-state index in [4.69, 9.17) is 4.98 Å². The van der Waals surface area contributed by atoms with Gasteiger partial charge in [-0.3, -0.25) is 4.79 Å². The van der Waals surface area contributed by atoms with Crippen LogP contribution >= 0.6 is 27.3 Å². The minimum atomic E-state index is -0.705. The number of hydrogen-bond donors (Lipinski definition) is 0. The van der Waals surface area contributed by atoms with Gasteiger partial charge in [0.05, 0.1) is 16.3 Å². The Balaban J connectivity index is 1.43. The van der Waals surface area contributed by atoms with E-state index in [2.05, 4.69) is 32.4 Å². The molecular weight excluding hydrogens is 429 g/mol. The number of piperidine rings is 1. The topological polar surface area (TPSA) is 46.1 Å². The average Bonchev–Trinajstić information content (AvgIpc) is 3.18. The first kappa shape index (κ1) is 18.3. The smallest absolute Gasteiger partial charge is 0.258 e. The van der Waals surface area contributed by atoms with Crippen LogP contribution in [0.4, 0.5) is 4.39 Å². The van der Waals surface area contributed by atoms with Crippen molar-refractivity contribution >= 4 is 33.2 Å². The van der Waals surface area contributed by atoms with E-state index in [1.165, 1.54) is 12.3 Å². The summed E-state index contributed by atoms with van der Waals surface area (Å²) in [6.45, 7) is 1.20. The van der Waals surface area contributed by atoms with Crippen LogP contribution in [0.2, 0.25) is 0 Å². The van der Waals surface area contributed by atoms with Crippen LogP contribution in [0.3, 0.4) is 0 Å². The molecule has 0 spiro atoms. The fraction of sp³-hybridized carbons (Fsp3) is 0.250. The molecule has 0 atom stereocenters. The first-order valence-corrected chi connectivity index (χ1v) is 10.4. The van der Waals surface area contributed by atoms with Crippen LogP contribution < -0.4 is 0 Å². The second-order valence-electron chi connectivity index (χ2n) is 6.49. The fourth-order valence-corrected chi connectivity index (χ4v) is 4.70. The maximum Gasteiger partial charge on any atom is 0.258 e. The lowest BCUT2D eigenvalue weighted by Crippen LogP contribution is -2.38. The van der Waals surface area contributed by atoms with Gasteiger partial charge in [-0.2, -0.15) is 4.39 Å². The lowest BCUT2D eigenvalue weighted by molar-refractivity contribution is 0.0707. The molecule has 0 N–H and O–H groups in total. The van der Waals surface area contributed by atoms with Crippen LogP contribution in [0.25, 0.3) is 11.3 Å². The van der Waals surface area contributed by atoms with Gasteiger partial charge in [0.15, 0.2) is 0 Å². The average molecular weight is 446 g/mol. The number of halogens is 2. The number of likely N-dealkylation sites (tertiary alicyclic amines) is 1. The molecule has 1 aliphatic heterocycles. The summed E-state index contributed by atoms with van der Waals surface area (Å²) in [7, 11) is 0. The van der Waals surface area contributed by atoms with E-state index in [0.29, 0.717) is 19.0 Å². The van der Waals surface area contributed by atoms with E-state index in [-0.39, 0.29) is 11.5 Å². The first-order valence-electron chi connectivity index (χ1n) is 8.73. The normalized spacial score (nSPS) is 15.1. The van der Waals surface area contributed by atoms with Crippen LogP contribution in [0.15, 0.2) is 52.4 Å². The first-order chi connectivity index (χ1) is 13.1. The van der Waals surface area contributed by atoms with Gasteiger partial charge in [-0.05, 0) is 37.1 Å². The number of amides is 1. The molecule has 1 aromatic carbocycles. The van der Waals surface area contributed by atoms with Gasteiger partial charge in [-0.25, -0.2) is 9.97 Å². The van der Waals surface area contributed by atoms with E-state index < -0.39 is 5.95 Å². The predicted octanol–water partition coefficient (Wildman–Crippen LogP) is 5.13. The predicted molar refractivity (Wildman–Crippen MR) is 107 cm³/mol. The highest BCUT2D eigenvalue weighted by molar-refractivity contribution is 9.10. The molecule has 3 heterocycles. The van der Waals surface area contributed by atoms with Gasteiger partial charge in [-0.1, -0.05) is 28.1 Å². The maximum absolute atomic E-state index is 13.8. The quantitative estimate of drug-likeness (QED) is 0.525. The molecule has 138 valence electrons. The van der Waals surface area contributed by atoms with Crippen molar-refractivity contribution in [3.63, 3.8) is 0 Å². The molecule has 0 aliphatic carbocycles. The number of carbonyl (C=O) groups is 1. The minimum absolute atomic E-state index is 0.0436. The van der Waals surface area contributed by atoms with Crippen LogP contribution in [0.1, 0.15) is 34.1 Å². The molecule has 3 aromatic rings. The molecule has 1 amide bonds. The van der Waals surface area contributed by atoms with Gasteiger partial charge in [0.2, 0.25) is 5.95 Å². The minimum Gasteiger partial charge on any atom is -0.338 e. The van der Waals surface area contributed by atoms with Gasteiger partial charge in [0.1, 0.15) is 0 Å². The van der Waals surface area contributed by atoms with Crippen molar-refractivity contribution in [3.05, 3.63) is 69.0 Å². The largest absolute Gasteiger partial charge is 0.338 e. The summed E-state index contributed by atoms with van der Waals surface area (Å²) in [6.07, 6.45) is 3.02. The van der Waals surface area contributed by atoms with E-state index >= 15 is 0 Å². The van der Waals surface area contributed by atoms with Crippen molar-refractivity contribution in [1.29, 1.82) is 0 Å². The number of hydrogen-bond acceptors (Lipinski definition) is 4. The summed E-state index contributed by atoms with van der Waals surface area (Å²) in [5.74, 6) is -0.657. The monoisotopic (exact) mass is 445 g/mol. The van der Waals surface area contributed by atoms with Gasteiger partial charge >= 0.3 is 0 Å². The summed E-state index contributed by atoms with van der Waals surface area (Å²) < 4.78 is 14.8. The van der Waals surface area contributed by atoms with Gasteiger partial charge < -0.3 is 4.90 Å². The number of nitrogens with zero attached hydrogens (tertiary/aromatic N) is 3. The Morgan fingerprint density at radius 3 is 2.78 bits per heavy atom. The van der Waals surface area contributed by atoms with Crippen molar-refractivity contribution in [2.24, 2.45) is 0 Å². The van der Waals surface area contributed by atoms with Crippen molar-refractivity contribution in [3.8, 4) is 11.3 Å². The summed E-state index contributed by atoms with van der Waals surface area (Å²) in [4.78, 5) is 22.6. The highest BCUT2D eigenvalue weighted by Gasteiger charge is 2.27. The number of benzene rings is 1. The van der Waals surface area contributed by atoms with Crippen molar-refractivity contribution < 1.29 is 9.18 Å². The molecule has 4 rings (SSSR count). The zero-order valence-corrected chi connectivity index (χ0v) is 16.8. The molecule has 1 fully saturated rings. The summed E-state index contributed by atoms with van der Waals surface area (Å²) in [6, 6.07) is 11.2. The third-order valence-electron chi connectivity index (χ3n) is 4.76. The summed E-state index contributed by atoms with van der Waals surface area (Å²) in [5, 5.41) is 3.18. The summed E-state index contributed by atoms with van der Waals surface area (Å²) in [5.41, 5.74) is 2.11.